The second-order valence-corrected chi connectivity index (χ2v) is 21.0. The predicted octanol–water partition coefficient (Wildman–Crippen LogP) is 16.9. The van der Waals surface area contributed by atoms with Crippen molar-refractivity contribution in [3.8, 4) is 0 Å². The third-order valence-corrected chi connectivity index (χ3v) is 16.1. The fourth-order valence-electron chi connectivity index (χ4n) is 8.31. The number of hydrogen-bond acceptors (Lipinski definition) is 3. The Kier molecular flexibility index (Phi) is 40.8. The fraction of sp³-hybridized carbons (Fsp3) is 0.900. The van der Waals surface area contributed by atoms with Gasteiger partial charge in [0.1, 0.15) is 16.2 Å². The molecular formula is C50H96O3Si. The molecule has 0 fully saturated rings. The molecule has 0 saturated carbocycles. The third-order valence-electron chi connectivity index (χ3n) is 12.1. The topological polar surface area (TPSA) is 51.2 Å². The molecule has 0 N–H and O–H groups in total. The molecule has 54 heavy (non-hydrogen) atoms. The Labute approximate surface area is 340 Å². The monoisotopic (exact) mass is 773 g/mol. The van der Waals surface area contributed by atoms with E-state index in [4.69, 9.17) is 0 Å². The maximum Gasteiger partial charge on any atom is 0.300 e. The van der Waals surface area contributed by atoms with Gasteiger partial charge in [0.15, 0.2) is 0 Å². The summed E-state index contributed by atoms with van der Waals surface area (Å²) in [5.74, 6) is 0. The predicted molar refractivity (Wildman–Crippen MR) is 242 cm³/mol. The number of hydrogen-bond donors (Lipinski definition) is 0. The zero-order valence-corrected chi connectivity index (χ0v) is 38.2. The molecule has 0 atom stereocenters. The van der Waals surface area contributed by atoms with E-state index in [1.807, 2.05) is 0 Å². The summed E-state index contributed by atoms with van der Waals surface area (Å²) in [6, 6.07) is 0. The van der Waals surface area contributed by atoms with Crippen LogP contribution < -0.4 is 0 Å². The van der Waals surface area contributed by atoms with Gasteiger partial charge >= 0.3 is 8.07 Å². The van der Waals surface area contributed by atoms with Crippen LogP contribution in [0, 0.1) is 0 Å². The molecule has 0 aromatic rings. The van der Waals surface area contributed by atoms with Gasteiger partial charge < -0.3 is 14.4 Å². The molecular weight excluding hydrogens is 677 g/mol. The zero-order chi connectivity index (χ0) is 39.6. The van der Waals surface area contributed by atoms with Gasteiger partial charge in [-0.3, -0.25) is 0 Å². The molecule has 0 aliphatic carbocycles. The zero-order valence-electron chi connectivity index (χ0n) is 37.2. The summed E-state index contributed by atoms with van der Waals surface area (Å²) in [6.45, 7) is 10.9. The first-order valence-corrected chi connectivity index (χ1v) is 26.8. The van der Waals surface area contributed by atoms with Gasteiger partial charge in [-0.05, 0) is 19.3 Å². The van der Waals surface area contributed by atoms with Gasteiger partial charge in [-0.1, -0.05) is 258 Å². The van der Waals surface area contributed by atoms with Crippen LogP contribution in [0.15, 0.2) is 12.3 Å². The highest BCUT2D eigenvalue weighted by Gasteiger charge is 2.51. The number of unbranched alkanes of at least 4 members (excludes halogenated alkanes) is 36. The molecule has 0 aliphatic rings. The Morgan fingerprint density at radius 1 is 0.296 bits per heavy atom. The minimum atomic E-state index is -3.54. The van der Waals surface area contributed by atoms with E-state index in [1.165, 1.54) is 193 Å². The highest BCUT2D eigenvalue weighted by Crippen LogP contribution is 2.23. The lowest BCUT2D eigenvalue weighted by molar-refractivity contribution is -0.119. The van der Waals surface area contributed by atoms with Gasteiger partial charge in [-0.15, -0.1) is 6.58 Å². The lowest BCUT2D eigenvalue weighted by Gasteiger charge is -2.24. The van der Waals surface area contributed by atoms with Crippen molar-refractivity contribution in [3.05, 3.63) is 12.3 Å². The highest BCUT2D eigenvalue weighted by molar-refractivity contribution is 7.43. The van der Waals surface area contributed by atoms with Crippen LogP contribution in [-0.2, 0) is 14.4 Å². The summed E-state index contributed by atoms with van der Waals surface area (Å²) in [7, 11) is -3.54. The Bertz CT molecular complexity index is 748. The summed E-state index contributed by atoms with van der Waals surface area (Å²) in [4.78, 5) is 41.7. The van der Waals surface area contributed by atoms with Crippen LogP contribution in [0.25, 0.3) is 0 Å². The van der Waals surface area contributed by atoms with Crippen molar-refractivity contribution >= 4 is 24.3 Å². The quantitative estimate of drug-likeness (QED) is 0.0457. The first-order chi connectivity index (χ1) is 26.5. The first-order valence-electron chi connectivity index (χ1n) is 24.7. The van der Waals surface area contributed by atoms with E-state index in [1.54, 1.807) is 5.70 Å². The Hall–Kier alpha value is -1.03. The summed E-state index contributed by atoms with van der Waals surface area (Å²) < 4.78 is 0. The molecule has 0 spiro atoms. The van der Waals surface area contributed by atoms with Crippen molar-refractivity contribution in [3.63, 3.8) is 0 Å². The molecule has 0 aromatic carbocycles. The van der Waals surface area contributed by atoms with Crippen LogP contribution in [0.3, 0.4) is 0 Å². The number of carbonyl (C=O) groups excluding carboxylic acids is 3. The van der Waals surface area contributed by atoms with E-state index >= 15 is 0 Å². The van der Waals surface area contributed by atoms with Gasteiger partial charge in [0, 0.05) is 19.3 Å². The maximum atomic E-state index is 13.9. The van der Waals surface area contributed by atoms with Gasteiger partial charge in [0.25, 0.3) is 0 Å². The van der Waals surface area contributed by atoms with Gasteiger partial charge in [-0.25, -0.2) is 0 Å². The summed E-state index contributed by atoms with van der Waals surface area (Å²) in [5.41, 5.74) is 1.59. The molecule has 0 radical (unpaired) electrons. The SMILES string of the molecule is C=C[Si](C(=O)CCCCCCCCCCCCCCC)(C(=O)CCCCCCCCCCCCCCC)C(=O)CCCCCCCCCCCCCCC. The Balaban J connectivity index is 4.67. The normalized spacial score (nSPS) is 11.7. The van der Waals surface area contributed by atoms with Crippen LogP contribution in [0.2, 0.25) is 0 Å². The van der Waals surface area contributed by atoms with Gasteiger partial charge in [0.2, 0.25) is 0 Å². The largest absolute Gasteiger partial charge is 0.304 e. The van der Waals surface area contributed by atoms with Crippen molar-refractivity contribution in [2.45, 2.75) is 290 Å². The molecule has 0 amide bonds. The molecule has 4 heteroatoms. The molecule has 0 saturated heterocycles. The summed E-state index contributed by atoms with van der Waals surface area (Å²) in [6.07, 6.45) is 50.2. The number of rotatable bonds is 46. The maximum absolute atomic E-state index is 13.9. The van der Waals surface area contributed by atoms with E-state index in [9.17, 15) is 14.4 Å². The van der Waals surface area contributed by atoms with Crippen LogP contribution in [0.1, 0.15) is 290 Å². The smallest absolute Gasteiger partial charge is 0.300 e. The van der Waals surface area contributed by atoms with Crippen LogP contribution in [-0.4, -0.2) is 24.3 Å². The second kappa shape index (κ2) is 41.6. The molecule has 0 aliphatic heterocycles. The minimum absolute atomic E-state index is 0.0417. The van der Waals surface area contributed by atoms with Crippen LogP contribution in [0.5, 0.6) is 0 Å². The summed E-state index contributed by atoms with van der Waals surface area (Å²) in [5, 5.41) is -0.125. The second-order valence-electron chi connectivity index (χ2n) is 17.3. The van der Waals surface area contributed by atoms with Crippen molar-refractivity contribution in [1.82, 2.24) is 0 Å². The van der Waals surface area contributed by atoms with E-state index in [2.05, 4.69) is 27.4 Å². The molecule has 0 unspecified atom stereocenters. The van der Waals surface area contributed by atoms with Crippen LogP contribution >= 0.6 is 0 Å². The average molecular weight is 773 g/mol. The molecule has 0 aromatic heterocycles. The van der Waals surface area contributed by atoms with Crippen molar-refractivity contribution < 1.29 is 14.4 Å². The van der Waals surface area contributed by atoms with Crippen molar-refractivity contribution in [1.29, 1.82) is 0 Å². The number of carbonyl (C=O) groups is 3. The molecule has 0 bridgehead atoms. The van der Waals surface area contributed by atoms with E-state index in [0.717, 1.165) is 57.8 Å². The first kappa shape index (κ1) is 53.0. The minimum Gasteiger partial charge on any atom is -0.304 e. The Morgan fingerprint density at radius 2 is 0.444 bits per heavy atom. The fourth-order valence-corrected chi connectivity index (χ4v) is 11.6. The standard InChI is InChI=1S/C50H96O3Si/c1-5-9-12-15-18-21-24-27-30-33-36-39-42-45-48(51)54(8-4,49(52)46-43-40-37-34-31-28-25-22-19-16-13-10-6-2)50(53)47-44-41-38-35-32-29-26-23-20-17-14-11-7-3/h8H,4-7,9-47H2,1-3H3. The molecule has 0 heterocycles. The lowest BCUT2D eigenvalue weighted by Crippen LogP contribution is -2.58. The third kappa shape index (κ3) is 30.1. The summed E-state index contributed by atoms with van der Waals surface area (Å²) >= 11 is 0. The van der Waals surface area contributed by atoms with Gasteiger partial charge in [0.05, 0.1) is 0 Å². The highest BCUT2D eigenvalue weighted by atomic mass is 28.3. The van der Waals surface area contributed by atoms with Crippen LogP contribution in [0.4, 0.5) is 0 Å². The van der Waals surface area contributed by atoms with E-state index in [0.29, 0.717) is 19.3 Å². The molecule has 3 nitrogen and oxygen atoms in total. The van der Waals surface area contributed by atoms with E-state index in [-0.39, 0.29) is 16.2 Å². The van der Waals surface area contributed by atoms with Crippen molar-refractivity contribution in [2.24, 2.45) is 0 Å². The van der Waals surface area contributed by atoms with Gasteiger partial charge in [-0.2, -0.15) is 0 Å². The Morgan fingerprint density at radius 3 is 0.593 bits per heavy atom. The molecule has 0 rings (SSSR count). The van der Waals surface area contributed by atoms with E-state index < -0.39 is 8.07 Å². The van der Waals surface area contributed by atoms with Crippen molar-refractivity contribution in [2.75, 3.05) is 0 Å². The molecule has 318 valence electrons. The lowest BCUT2D eigenvalue weighted by atomic mass is 10.0. The average Bonchev–Trinajstić information content (AvgIpc) is 3.17.